The molecule has 0 N–H and O–H groups in total. The van der Waals surface area contributed by atoms with Crippen molar-refractivity contribution in [2.24, 2.45) is 0 Å². The Morgan fingerprint density at radius 1 is 0.750 bits per heavy atom. The summed E-state index contributed by atoms with van der Waals surface area (Å²) in [6, 6.07) is 23.4. The van der Waals surface area contributed by atoms with E-state index >= 15 is 0 Å². The third kappa shape index (κ3) is 2.07. The Kier molecular flexibility index (Phi) is 3.27. The molecule has 0 saturated heterocycles. The average Bonchev–Trinajstić information content (AvgIpc) is 2.89. The van der Waals surface area contributed by atoms with Crippen molar-refractivity contribution in [1.29, 1.82) is 0 Å². The Balaban J connectivity index is 2.01. The van der Waals surface area contributed by atoms with Crippen molar-refractivity contribution in [1.82, 2.24) is 0 Å². The Labute approximate surface area is 141 Å². The number of benzene rings is 3. The molecular formula is C22H18O2. The quantitative estimate of drug-likeness (QED) is 0.677. The summed E-state index contributed by atoms with van der Waals surface area (Å²) in [4.78, 5) is 13.4. The molecule has 0 bridgehead atoms. The normalized spacial score (nSPS) is 19.0. The average molecular weight is 314 g/mol. The van der Waals surface area contributed by atoms with Crippen LogP contribution in [0.5, 0.6) is 5.75 Å². The minimum atomic E-state index is -1.11. The number of fused-ring (bicyclic) bond motifs is 1. The molecule has 1 aliphatic rings. The molecule has 3 aromatic carbocycles. The van der Waals surface area contributed by atoms with Gasteiger partial charge in [-0.05, 0) is 26.0 Å². The van der Waals surface area contributed by atoms with Crippen molar-refractivity contribution in [3.8, 4) is 5.75 Å². The standard InChI is InChI=1S/C22H18O2/c1-15-12-16(2)14-18(13-15)22(17-8-4-3-5-9-17)21(23)19-10-6-7-11-20(19)24-22/h3-14H,1-2H3/t22-/m0/s1. The Morgan fingerprint density at radius 2 is 1.38 bits per heavy atom. The van der Waals surface area contributed by atoms with Crippen molar-refractivity contribution in [3.63, 3.8) is 0 Å². The monoisotopic (exact) mass is 314 g/mol. The molecule has 0 saturated carbocycles. The van der Waals surface area contributed by atoms with Crippen LogP contribution in [0.25, 0.3) is 0 Å². The van der Waals surface area contributed by atoms with Gasteiger partial charge < -0.3 is 4.74 Å². The highest BCUT2D eigenvalue weighted by atomic mass is 16.5. The summed E-state index contributed by atoms with van der Waals surface area (Å²) >= 11 is 0. The van der Waals surface area contributed by atoms with Gasteiger partial charge in [-0.25, -0.2) is 0 Å². The number of Topliss-reactive ketones (excluding diaryl/α,β-unsaturated/α-hetero) is 1. The molecule has 0 spiro atoms. The first-order valence-corrected chi connectivity index (χ1v) is 8.08. The van der Waals surface area contributed by atoms with Crippen LogP contribution in [0.4, 0.5) is 0 Å². The van der Waals surface area contributed by atoms with E-state index in [1.54, 1.807) is 0 Å². The van der Waals surface area contributed by atoms with Gasteiger partial charge in [-0.15, -0.1) is 0 Å². The lowest BCUT2D eigenvalue weighted by Crippen LogP contribution is -2.38. The molecule has 3 aromatic rings. The van der Waals surface area contributed by atoms with E-state index in [4.69, 9.17) is 4.74 Å². The number of ether oxygens (including phenoxy) is 1. The van der Waals surface area contributed by atoms with Crippen molar-refractivity contribution >= 4 is 5.78 Å². The molecule has 0 aliphatic carbocycles. The zero-order valence-corrected chi connectivity index (χ0v) is 13.7. The lowest BCUT2D eigenvalue weighted by Gasteiger charge is -2.29. The Morgan fingerprint density at radius 3 is 2.04 bits per heavy atom. The third-order valence-electron chi connectivity index (χ3n) is 4.52. The molecule has 2 heteroatoms. The van der Waals surface area contributed by atoms with E-state index in [1.165, 1.54) is 0 Å². The van der Waals surface area contributed by atoms with Crippen molar-refractivity contribution in [2.45, 2.75) is 19.4 Å². The van der Waals surface area contributed by atoms with E-state index in [1.807, 2.05) is 80.6 Å². The van der Waals surface area contributed by atoms with E-state index in [2.05, 4.69) is 6.07 Å². The third-order valence-corrected chi connectivity index (χ3v) is 4.52. The first kappa shape index (κ1) is 14.7. The lowest BCUT2D eigenvalue weighted by molar-refractivity contribution is 0.0686. The molecule has 24 heavy (non-hydrogen) atoms. The zero-order chi connectivity index (χ0) is 16.7. The largest absolute Gasteiger partial charge is 0.469 e. The van der Waals surface area contributed by atoms with Gasteiger partial charge >= 0.3 is 0 Å². The van der Waals surface area contributed by atoms with Crippen LogP contribution in [0.1, 0.15) is 32.6 Å². The molecule has 0 unspecified atom stereocenters. The second kappa shape index (κ2) is 5.34. The highest BCUT2D eigenvalue weighted by molar-refractivity contribution is 6.10. The summed E-state index contributed by atoms with van der Waals surface area (Å²) in [7, 11) is 0. The predicted octanol–water partition coefficient (Wildman–Crippen LogP) is 4.82. The van der Waals surface area contributed by atoms with Crippen LogP contribution in [0.3, 0.4) is 0 Å². The number of carbonyl (C=O) groups is 1. The maximum atomic E-state index is 13.4. The highest BCUT2D eigenvalue weighted by Crippen LogP contribution is 2.45. The smallest absolute Gasteiger partial charge is 0.221 e. The van der Waals surface area contributed by atoms with Gasteiger partial charge in [0.15, 0.2) is 0 Å². The minimum absolute atomic E-state index is 0.00528. The zero-order valence-electron chi connectivity index (χ0n) is 13.7. The van der Waals surface area contributed by atoms with Crippen LogP contribution in [-0.2, 0) is 5.60 Å². The fourth-order valence-corrected chi connectivity index (χ4v) is 3.54. The Bertz CT molecular complexity index is 907. The van der Waals surface area contributed by atoms with Gasteiger partial charge in [-0.1, -0.05) is 71.8 Å². The lowest BCUT2D eigenvalue weighted by atomic mass is 9.80. The maximum absolute atomic E-state index is 13.4. The van der Waals surface area contributed by atoms with Gasteiger partial charge in [0.1, 0.15) is 5.75 Å². The molecule has 0 fully saturated rings. The van der Waals surface area contributed by atoms with Crippen LogP contribution in [-0.4, -0.2) is 5.78 Å². The van der Waals surface area contributed by atoms with Gasteiger partial charge in [0.2, 0.25) is 11.4 Å². The van der Waals surface area contributed by atoms with Gasteiger partial charge in [0.05, 0.1) is 5.56 Å². The topological polar surface area (TPSA) is 26.3 Å². The number of rotatable bonds is 2. The minimum Gasteiger partial charge on any atom is -0.469 e. The predicted molar refractivity (Wildman–Crippen MR) is 94.5 cm³/mol. The molecule has 1 heterocycles. The summed E-state index contributed by atoms with van der Waals surface area (Å²) in [6.45, 7) is 4.09. The van der Waals surface area contributed by atoms with E-state index in [9.17, 15) is 4.79 Å². The second-order valence-electron chi connectivity index (χ2n) is 6.35. The van der Waals surface area contributed by atoms with Gasteiger partial charge in [-0.3, -0.25) is 4.79 Å². The number of hydrogen-bond donors (Lipinski definition) is 0. The second-order valence-corrected chi connectivity index (χ2v) is 6.35. The number of para-hydroxylation sites is 1. The summed E-state index contributed by atoms with van der Waals surface area (Å²) < 4.78 is 6.34. The van der Waals surface area contributed by atoms with Crippen LogP contribution in [0, 0.1) is 13.8 Å². The van der Waals surface area contributed by atoms with E-state index < -0.39 is 5.60 Å². The fraction of sp³-hybridized carbons (Fsp3) is 0.136. The molecule has 0 aromatic heterocycles. The van der Waals surface area contributed by atoms with Gasteiger partial charge in [0.25, 0.3) is 0 Å². The molecule has 118 valence electrons. The summed E-state index contributed by atoms with van der Waals surface area (Å²) in [5, 5.41) is 0. The first-order valence-electron chi connectivity index (χ1n) is 8.08. The molecule has 4 rings (SSSR count). The van der Waals surface area contributed by atoms with E-state index in [0.717, 1.165) is 22.3 Å². The van der Waals surface area contributed by atoms with E-state index in [0.29, 0.717) is 11.3 Å². The molecule has 2 nitrogen and oxygen atoms in total. The highest BCUT2D eigenvalue weighted by Gasteiger charge is 2.50. The Hall–Kier alpha value is -2.87. The fourth-order valence-electron chi connectivity index (χ4n) is 3.54. The molecular weight excluding hydrogens is 296 g/mol. The summed E-state index contributed by atoms with van der Waals surface area (Å²) in [5.41, 5.74) is 3.51. The van der Waals surface area contributed by atoms with Crippen molar-refractivity contribution in [3.05, 3.63) is 101 Å². The number of ketones is 1. The maximum Gasteiger partial charge on any atom is 0.221 e. The first-order chi connectivity index (χ1) is 11.6. The van der Waals surface area contributed by atoms with Crippen LogP contribution in [0.15, 0.2) is 72.8 Å². The van der Waals surface area contributed by atoms with Gasteiger partial charge in [0, 0.05) is 11.1 Å². The summed E-state index contributed by atoms with van der Waals surface area (Å²) in [6.07, 6.45) is 0. The van der Waals surface area contributed by atoms with Crippen LogP contribution < -0.4 is 4.74 Å². The molecule has 1 atom stereocenters. The molecule has 0 radical (unpaired) electrons. The van der Waals surface area contributed by atoms with Crippen molar-refractivity contribution in [2.75, 3.05) is 0 Å². The van der Waals surface area contributed by atoms with Gasteiger partial charge in [-0.2, -0.15) is 0 Å². The van der Waals surface area contributed by atoms with Crippen LogP contribution >= 0.6 is 0 Å². The SMILES string of the molecule is Cc1cc(C)cc([C@]2(c3ccccc3)Oc3ccccc3C2=O)c1. The summed E-state index contributed by atoms with van der Waals surface area (Å²) in [5.74, 6) is 0.639. The van der Waals surface area contributed by atoms with Crippen LogP contribution in [0.2, 0.25) is 0 Å². The van der Waals surface area contributed by atoms with E-state index in [-0.39, 0.29) is 5.78 Å². The molecule has 0 amide bonds. The molecule has 1 aliphatic heterocycles. The number of carbonyl (C=O) groups excluding carboxylic acids is 1. The number of hydrogen-bond acceptors (Lipinski definition) is 2. The van der Waals surface area contributed by atoms with Crippen molar-refractivity contribution < 1.29 is 9.53 Å². The number of aryl methyl sites for hydroxylation is 2.